The van der Waals surface area contributed by atoms with Gasteiger partial charge in [-0.3, -0.25) is 25.5 Å². The summed E-state index contributed by atoms with van der Waals surface area (Å²) >= 11 is 0. The van der Waals surface area contributed by atoms with E-state index in [9.17, 15) is 20.2 Å². The molecule has 0 spiro atoms. The van der Waals surface area contributed by atoms with Gasteiger partial charge in [0.25, 0.3) is 0 Å². The van der Waals surface area contributed by atoms with Gasteiger partial charge in [0.05, 0.1) is 14.2 Å². The van der Waals surface area contributed by atoms with Gasteiger partial charge in [-0.2, -0.15) is 0 Å². The molecule has 4 atom stereocenters. The molecule has 1 N–H and O–H groups in total. The fourth-order valence-electron chi connectivity index (χ4n) is 4.38. The van der Waals surface area contributed by atoms with Gasteiger partial charge in [-0.25, -0.2) is 0 Å². The fourth-order valence-corrected chi connectivity index (χ4v) is 4.38. The highest BCUT2D eigenvalue weighted by molar-refractivity contribution is 5.34. The smallest absolute Gasteiger partial charge is 0.243 e. The largest absolute Gasteiger partial charge is 0.497 e. The summed E-state index contributed by atoms with van der Waals surface area (Å²) in [6.07, 6.45) is 0. The Balaban J connectivity index is 2.11. The maximum Gasteiger partial charge on any atom is 0.243 e. The van der Waals surface area contributed by atoms with Crippen molar-refractivity contribution in [1.82, 2.24) is 5.32 Å². The third kappa shape index (κ3) is 3.80. The molecule has 1 aliphatic heterocycles. The van der Waals surface area contributed by atoms with E-state index in [0.717, 1.165) is 0 Å². The van der Waals surface area contributed by atoms with E-state index >= 15 is 0 Å². The molecule has 2 aromatic carbocycles. The molecule has 160 valence electrons. The summed E-state index contributed by atoms with van der Waals surface area (Å²) in [5.74, 6) is 1.25. The van der Waals surface area contributed by atoms with Crippen molar-refractivity contribution in [3.05, 3.63) is 79.9 Å². The van der Waals surface area contributed by atoms with Gasteiger partial charge in [0.1, 0.15) is 29.0 Å². The van der Waals surface area contributed by atoms with Crippen LogP contribution in [0.25, 0.3) is 0 Å². The zero-order chi connectivity index (χ0) is 22.1. The number of hydrogen-bond donors (Lipinski definition) is 1. The molecule has 0 aromatic heterocycles. The van der Waals surface area contributed by atoms with Crippen molar-refractivity contribution in [2.24, 2.45) is 5.41 Å². The second-order valence-corrected chi connectivity index (χ2v) is 7.95. The number of hydrogen-bond acceptors (Lipinski definition) is 7. The predicted octanol–water partition coefficient (Wildman–Crippen LogP) is 3.41. The average molecular weight is 415 g/mol. The van der Waals surface area contributed by atoms with Gasteiger partial charge in [0, 0.05) is 9.85 Å². The lowest BCUT2D eigenvalue weighted by Crippen LogP contribution is -2.63. The van der Waals surface area contributed by atoms with Crippen molar-refractivity contribution < 1.29 is 19.3 Å². The minimum atomic E-state index is -1.23. The lowest BCUT2D eigenvalue weighted by atomic mass is 9.66. The van der Waals surface area contributed by atoms with E-state index in [2.05, 4.69) is 5.32 Å². The van der Waals surface area contributed by atoms with Gasteiger partial charge in [-0.1, -0.05) is 24.3 Å². The first-order valence-corrected chi connectivity index (χ1v) is 9.51. The summed E-state index contributed by atoms with van der Waals surface area (Å²) in [6, 6.07) is 10.1. The Morgan fingerprint density at radius 3 is 1.37 bits per heavy atom. The number of rotatable bonds is 6. The molecule has 1 heterocycles. The van der Waals surface area contributed by atoms with Crippen LogP contribution in [0.2, 0.25) is 0 Å². The first-order chi connectivity index (χ1) is 14.2. The summed E-state index contributed by atoms with van der Waals surface area (Å²) in [6.45, 7) is 3.20. The molecule has 0 bridgehead atoms. The molecule has 1 fully saturated rings. The van der Waals surface area contributed by atoms with Crippen LogP contribution in [-0.4, -0.2) is 36.1 Å². The number of nitrogens with one attached hydrogen (secondary N) is 1. The molecular formula is C21H25N3O6. The van der Waals surface area contributed by atoms with Gasteiger partial charge < -0.3 is 9.47 Å². The highest BCUT2D eigenvalue weighted by Crippen LogP contribution is 2.47. The van der Waals surface area contributed by atoms with Gasteiger partial charge in [-0.05, 0) is 49.2 Å². The van der Waals surface area contributed by atoms with E-state index in [1.807, 2.05) is 0 Å². The summed E-state index contributed by atoms with van der Waals surface area (Å²) in [5.41, 5.74) is 0.115. The third-order valence-corrected chi connectivity index (χ3v) is 5.92. The van der Waals surface area contributed by atoms with Crippen LogP contribution >= 0.6 is 0 Å². The number of piperidine rings is 1. The third-order valence-electron chi connectivity index (χ3n) is 5.92. The van der Waals surface area contributed by atoms with Crippen LogP contribution < -0.4 is 14.8 Å². The Hall–Kier alpha value is -3.20. The Labute approximate surface area is 174 Å². The number of methoxy groups -OCH3 is 2. The number of ether oxygens (including phenoxy) is 2. The molecule has 9 nitrogen and oxygen atoms in total. The van der Waals surface area contributed by atoms with Gasteiger partial charge >= 0.3 is 0 Å². The van der Waals surface area contributed by atoms with Crippen LogP contribution in [-0.2, 0) is 0 Å². The Morgan fingerprint density at radius 2 is 1.10 bits per heavy atom. The maximum atomic E-state index is 12.1. The molecule has 3 rings (SSSR count). The first kappa shape index (κ1) is 21.5. The van der Waals surface area contributed by atoms with Crippen molar-refractivity contribution in [1.29, 1.82) is 0 Å². The van der Waals surface area contributed by atoms with Gasteiger partial charge in [0.15, 0.2) is 0 Å². The highest BCUT2D eigenvalue weighted by Gasteiger charge is 2.62. The molecular weight excluding hydrogens is 390 g/mol. The van der Waals surface area contributed by atoms with E-state index in [-0.39, 0.29) is 0 Å². The molecule has 0 unspecified atom stereocenters. The first-order valence-electron chi connectivity index (χ1n) is 9.51. The molecule has 9 heteroatoms. The second-order valence-electron chi connectivity index (χ2n) is 7.95. The summed E-state index contributed by atoms with van der Waals surface area (Å²) in [7, 11) is 3.08. The lowest BCUT2D eigenvalue weighted by molar-refractivity contribution is -0.605. The minimum Gasteiger partial charge on any atom is -0.497 e. The summed E-state index contributed by atoms with van der Waals surface area (Å²) < 4.78 is 10.4. The Morgan fingerprint density at radius 1 is 0.767 bits per heavy atom. The average Bonchev–Trinajstić information content (AvgIpc) is 2.71. The van der Waals surface area contributed by atoms with Crippen LogP contribution in [0.5, 0.6) is 11.5 Å². The van der Waals surface area contributed by atoms with Crippen LogP contribution in [0.3, 0.4) is 0 Å². The Kier molecular flexibility index (Phi) is 5.93. The minimum absolute atomic E-state index is 0.414. The monoisotopic (exact) mass is 415 g/mol. The molecule has 0 aliphatic carbocycles. The van der Waals surface area contributed by atoms with E-state index in [4.69, 9.17) is 9.47 Å². The molecule has 1 aliphatic rings. The van der Waals surface area contributed by atoms with Crippen molar-refractivity contribution in [3.8, 4) is 11.5 Å². The zero-order valence-electron chi connectivity index (χ0n) is 17.3. The predicted molar refractivity (Wildman–Crippen MR) is 110 cm³/mol. The molecule has 0 amide bonds. The second kappa shape index (κ2) is 8.27. The van der Waals surface area contributed by atoms with Crippen LogP contribution in [0.1, 0.15) is 37.1 Å². The number of nitrogens with zero attached hydrogens (tertiary/aromatic N) is 2. The normalized spacial score (nSPS) is 25.3. The molecule has 2 aromatic rings. The summed E-state index contributed by atoms with van der Waals surface area (Å²) in [5, 5.41) is 27.4. The standard InChI is InChI=1S/C21H25N3O6/c1-21(2)19(23(25)26)17(13-5-9-15(29-3)10-6-13)22-18(20(21)24(27)28)14-7-11-16(30-4)12-8-14/h5-12,17-20,22H,1-4H3/t17-,18-,19-,20+/m1/s1. The maximum absolute atomic E-state index is 12.1. The number of benzene rings is 2. The zero-order valence-corrected chi connectivity index (χ0v) is 17.3. The van der Waals surface area contributed by atoms with Crippen LogP contribution in [0.4, 0.5) is 0 Å². The number of nitro groups is 2. The van der Waals surface area contributed by atoms with Gasteiger partial charge in [0.2, 0.25) is 12.1 Å². The molecule has 1 saturated heterocycles. The fraction of sp³-hybridized carbons (Fsp3) is 0.429. The van der Waals surface area contributed by atoms with E-state index in [0.29, 0.717) is 22.6 Å². The van der Waals surface area contributed by atoms with Crippen LogP contribution in [0, 0.1) is 25.6 Å². The van der Waals surface area contributed by atoms with Crippen molar-refractivity contribution in [2.75, 3.05) is 14.2 Å². The Bertz CT molecular complexity index is 840. The molecule has 0 radical (unpaired) electrons. The van der Waals surface area contributed by atoms with Crippen molar-refractivity contribution in [3.63, 3.8) is 0 Å². The van der Waals surface area contributed by atoms with E-state index in [1.54, 1.807) is 62.4 Å². The molecule has 0 saturated carbocycles. The van der Waals surface area contributed by atoms with Crippen molar-refractivity contribution >= 4 is 0 Å². The SMILES string of the molecule is COc1ccc([C@H]2N[C@H](c3ccc(OC)cc3)[C@@H]([N+](=O)[O-])C(C)(C)[C@H]2[N+](=O)[O-])cc1. The van der Waals surface area contributed by atoms with Crippen molar-refractivity contribution in [2.45, 2.75) is 38.0 Å². The summed E-state index contributed by atoms with van der Waals surface area (Å²) in [4.78, 5) is 23.3. The topological polar surface area (TPSA) is 117 Å². The highest BCUT2D eigenvalue weighted by atomic mass is 16.6. The van der Waals surface area contributed by atoms with Gasteiger partial charge in [-0.15, -0.1) is 0 Å². The van der Waals surface area contributed by atoms with E-state index in [1.165, 1.54) is 14.2 Å². The van der Waals surface area contributed by atoms with Crippen LogP contribution in [0.15, 0.2) is 48.5 Å². The quantitative estimate of drug-likeness (QED) is 0.567. The lowest BCUT2D eigenvalue weighted by Gasteiger charge is -2.44. The van der Waals surface area contributed by atoms with E-state index < -0.39 is 39.4 Å². The molecule has 30 heavy (non-hydrogen) atoms.